The van der Waals surface area contributed by atoms with Crippen molar-refractivity contribution in [2.75, 3.05) is 26.7 Å². The van der Waals surface area contributed by atoms with Gasteiger partial charge in [-0.25, -0.2) is 14.6 Å². The van der Waals surface area contributed by atoms with Crippen LogP contribution < -0.4 is 0 Å². The maximum absolute atomic E-state index is 12.6. The summed E-state index contributed by atoms with van der Waals surface area (Å²) in [5.41, 5.74) is 0.321. The van der Waals surface area contributed by atoms with Gasteiger partial charge >= 0.3 is 12.1 Å². The molecule has 3 heterocycles. The topological polar surface area (TPSA) is 88.0 Å². The Labute approximate surface area is 165 Å². The monoisotopic (exact) mass is 391 g/mol. The van der Waals surface area contributed by atoms with E-state index in [1.54, 1.807) is 43.5 Å². The number of likely N-dealkylation sites (N-methyl/N-ethyl adjacent to an activating group) is 1. The number of hydrogen-bond acceptors (Lipinski definition) is 5. The minimum atomic E-state index is -0.595. The molecule has 0 bridgehead atoms. The zero-order chi connectivity index (χ0) is 20.6. The lowest BCUT2D eigenvalue weighted by atomic mass is 10.0. The number of rotatable bonds is 3. The predicted molar refractivity (Wildman–Crippen MR) is 102 cm³/mol. The molecule has 154 valence electrons. The average molecular weight is 391 g/mol. The van der Waals surface area contributed by atoms with Crippen LogP contribution >= 0.6 is 0 Å². The Morgan fingerprint density at radius 1 is 1.29 bits per heavy atom. The molecule has 1 aromatic heterocycles. The van der Waals surface area contributed by atoms with Gasteiger partial charge in [-0.05, 0) is 40.5 Å². The molecule has 1 saturated heterocycles. The van der Waals surface area contributed by atoms with Crippen molar-refractivity contribution in [1.82, 2.24) is 24.3 Å². The standard InChI is InChI=1S/C19H29N5O4/c1-13-20-10-15-11-23(17(26)24(13)15)14-6-8-22(9-7-14)16(25)12-21(5)18(27)28-19(2,3)4/h10,14H,6-9,11-12H2,1-5H3. The van der Waals surface area contributed by atoms with Crippen molar-refractivity contribution >= 4 is 18.0 Å². The van der Waals surface area contributed by atoms with Crippen molar-refractivity contribution in [1.29, 1.82) is 0 Å². The number of ether oxygens (including phenoxy) is 1. The third kappa shape index (κ3) is 4.13. The van der Waals surface area contributed by atoms with Crippen LogP contribution in [-0.4, -0.2) is 80.6 Å². The van der Waals surface area contributed by atoms with Gasteiger partial charge < -0.3 is 19.4 Å². The number of imidazole rings is 1. The zero-order valence-corrected chi connectivity index (χ0v) is 17.3. The largest absolute Gasteiger partial charge is 0.444 e. The summed E-state index contributed by atoms with van der Waals surface area (Å²) in [6, 6.07) is 0.0823. The first-order chi connectivity index (χ1) is 13.1. The van der Waals surface area contributed by atoms with E-state index in [9.17, 15) is 14.4 Å². The van der Waals surface area contributed by atoms with E-state index in [1.165, 1.54) is 4.90 Å². The summed E-state index contributed by atoms with van der Waals surface area (Å²) in [6.07, 6.45) is 2.69. The summed E-state index contributed by atoms with van der Waals surface area (Å²) in [5.74, 6) is 0.603. The first kappa shape index (κ1) is 20.2. The summed E-state index contributed by atoms with van der Waals surface area (Å²) < 4.78 is 6.94. The molecule has 9 nitrogen and oxygen atoms in total. The molecular formula is C19H29N5O4. The van der Waals surface area contributed by atoms with Crippen molar-refractivity contribution in [2.45, 2.75) is 58.7 Å². The number of carbonyl (C=O) groups excluding carboxylic acids is 3. The van der Waals surface area contributed by atoms with Crippen molar-refractivity contribution < 1.29 is 19.1 Å². The second-order valence-electron chi connectivity index (χ2n) is 8.49. The summed E-state index contributed by atoms with van der Waals surface area (Å²) in [5, 5.41) is 0. The third-order valence-corrected chi connectivity index (χ3v) is 5.12. The fraction of sp³-hybridized carbons (Fsp3) is 0.684. The Morgan fingerprint density at radius 2 is 1.93 bits per heavy atom. The molecule has 2 aliphatic rings. The van der Waals surface area contributed by atoms with Gasteiger partial charge in [0.1, 0.15) is 18.0 Å². The van der Waals surface area contributed by atoms with Gasteiger partial charge in [-0.3, -0.25) is 9.36 Å². The second kappa shape index (κ2) is 7.44. The number of piperidine rings is 1. The number of carbonyl (C=O) groups is 3. The maximum atomic E-state index is 12.6. The van der Waals surface area contributed by atoms with Gasteiger partial charge in [0.15, 0.2) is 0 Å². The highest BCUT2D eigenvalue weighted by Gasteiger charge is 2.36. The fourth-order valence-electron chi connectivity index (χ4n) is 3.65. The molecule has 3 amide bonds. The predicted octanol–water partition coefficient (Wildman–Crippen LogP) is 1.83. The van der Waals surface area contributed by atoms with Crippen LogP contribution in [0.5, 0.6) is 0 Å². The van der Waals surface area contributed by atoms with E-state index in [0.29, 0.717) is 25.5 Å². The molecule has 0 N–H and O–H groups in total. The van der Waals surface area contributed by atoms with Crippen LogP contribution in [0.15, 0.2) is 6.20 Å². The van der Waals surface area contributed by atoms with Gasteiger partial charge in [-0.1, -0.05) is 0 Å². The lowest BCUT2D eigenvalue weighted by molar-refractivity contribution is -0.133. The lowest BCUT2D eigenvalue weighted by Crippen LogP contribution is -2.50. The second-order valence-corrected chi connectivity index (χ2v) is 8.49. The Kier molecular flexibility index (Phi) is 5.36. The first-order valence-electron chi connectivity index (χ1n) is 9.63. The molecule has 3 rings (SSSR count). The lowest BCUT2D eigenvalue weighted by Gasteiger charge is -2.37. The molecule has 9 heteroatoms. The zero-order valence-electron chi connectivity index (χ0n) is 17.3. The van der Waals surface area contributed by atoms with E-state index < -0.39 is 11.7 Å². The summed E-state index contributed by atoms with van der Waals surface area (Å²) >= 11 is 0. The highest BCUT2D eigenvalue weighted by Crippen LogP contribution is 2.26. The Morgan fingerprint density at radius 3 is 2.50 bits per heavy atom. The summed E-state index contributed by atoms with van der Waals surface area (Å²) in [7, 11) is 1.56. The Balaban J connectivity index is 1.50. The van der Waals surface area contributed by atoms with Crippen LogP contribution in [0, 0.1) is 6.92 Å². The van der Waals surface area contributed by atoms with Crippen LogP contribution in [0.1, 0.15) is 45.1 Å². The van der Waals surface area contributed by atoms with E-state index in [4.69, 9.17) is 4.74 Å². The molecule has 1 fully saturated rings. The molecule has 2 aliphatic heterocycles. The van der Waals surface area contributed by atoms with Crippen molar-refractivity contribution in [3.8, 4) is 0 Å². The number of aryl methyl sites for hydroxylation is 1. The quantitative estimate of drug-likeness (QED) is 0.784. The number of likely N-dealkylation sites (tertiary alicyclic amines) is 1. The van der Waals surface area contributed by atoms with Crippen molar-refractivity contribution in [2.24, 2.45) is 0 Å². The molecule has 1 aromatic rings. The highest BCUT2D eigenvalue weighted by atomic mass is 16.6. The summed E-state index contributed by atoms with van der Waals surface area (Å²) in [4.78, 5) is 46.3. The van der Waals surface area contributed by atoms with Crippen molar-refractivity contribution in [3.05, 3.63) is 17.7 Å². The Hall–Kier alpha value is -2.58. The minimum absolute atomic E-state index is 0.0153. The van der Waals surface area contributed by atoms with Gasteiger partial charge in [0.25, 0.3) is 0 Å². The number of aromatic nitrogens is 2. The van der Waals surface area contributed by atoms with Gasteiger partial charge in [-0.15, -0.1) is 0 Å². The molecule has 0 saturated carbocycles. The van der Waals surface area contributed by atoms with E-state index in [1.807, 2.05) is 11.8 Å². The molecule has 0 spiro atoms. The number of fused-ring (bicyclic) bond motifs is 1. The molecule has 0 atom stereocenters. The Bertz CT molecular complexity index is 774. The fourth-order valence-corrected chi connectivity index (χ4v) is 3.65. The highest BCUT2D eigenvalue weighted by molar-refractivity contribution is 5.83. The summed E-state index contributed by atoms with van der Waals surface area (Å²) in [6.45, 7) is 8.89. The van der Waals surface area contributed by atoms with Crippen LogP contribution in [0.2, 0.25) is 0 Å². The number of hydrogen-bond donors (Lipinski definition) is 0. The van der Waals surface area contributed by atoms with Crippen LogP contribution in [0.25, 0.3) is 0 Å². The van der Waals surface area contributed by atoms with Gasteiger partial charge in [0, 0.05) is 26.2 Å². The van der Waals surface area contributed by atoms with E-state index in [-0.39, 0.29) is 24.5 Å². The molecule has 28 heavy (non-hydrogen) atoms. The van der Waals surface area contributed by atoms with Crippen LogP contribution in [0.3, 0.4) is 0 Å². The minimum Gasteiger partial charge on any atom is -0.444 e. The van der Waals surface area contributed by atoms with Gasteiger partial charge in [-0.2, -0.15) is 0 Å². The van der Waals surface area contributed by atoms with Crippen LogP contribution in [-0.2, 0) is 16.1 Å². The SMILES string of the molecule is Cc1ncc2n1C(=O)N(C1CCN(C(=O)CN(C)C(=O)OC(C)(C)C)CC1)C2. The molecule has 0 aliphatic carbocycles. The first-order valence-corrected chi connectivity index (χ1v) is 9.63. The normalized spacial score (nSPS) is 17.7. The molecule has 0 aromatic carbocycles. The van der Waals surface area contributed by atoms with Crippen molar-refractivity contribution in [3.63, 3.8) is 0 Å². The van der Waals surface area contributed by atoms with E-state index >= 15 is 0 Å². The smallest absolute Gasteiger partial charge is 0.410 e. The maximum Gasteiger partial charge on any atom is 0.410 e. The number of nitrogens with zero attached hydrogens (tertiary/aromatic N) is 5. The third-order valence-electron chi connectivity index (χ3n) is 5.12. The average Bonchev–Trinajstić information content (AvgIpc) is 3.14. The van der Waals surface area contributed by atoms with E-state index in [0.717, 1.165) is 18.5 Å². The molecule has 0 unspecified atom stereocenters. The van der Waals surface area contributed by atoms with Gasteiger partial charge in [0.2, 0.25) is 5.91 Å². The van der Waals surface area contributed by atoms with Gasteiger partial charge in [0.05, 0.1) is 18.4 Å². The molecular weight excluding hydrogens is 362 g/mol. The number of amides is 3. The van der Waals surface area contributed by atoms with Crippen LogP contribution in [0.4, 0.5) is 9.59 Å². The van der Waals surface area contributed by atoms with E-state index in [2.05, 4.69) is 4.98 Å². The molecule has 0 radical (unpaired) electrons.